The van der Waals surface area contributed by atoms with Crippen molar-refractivity contribution in [2.75, 3.05) is 6.26 Å². The number of halogens is 3. The summed E-state index contributed by atoms with van der Waals surface area (Å²) in [5.41, 5.74) is 1.22. The highest BCUT2D eigenvalue weighted by molar-refractivity contribution is 7.98. The minimum absolute atomic E-state index is 0.164. The van der Waals surface area contributed by atoms with E-state index in [1.54, 1.807) is 23.9 Å². The van der Waals surface area contributed by atoms with Crippen LogP contribution in [0.5, 0.6) is 0 Å². The second-order valence-corrected chi connectivity index (χ2v) is 8.99. The van der Waals surface area contributed by atoms with E-state index in [4.69, 9.17) is 4.52 Å². The first-order chi connectivity index (χ1) is 15.6. The number of pyridine rings is 1. The normalized spacial score (nSPS) is 12.3. The maximum atomic E-state index is 13.3. The smallest absolute Gasteiger partial charge is 0.332 e. The summed E-state index contributed by atoms with van der Waals surface area (Å²) in [4.78, 5) is 8.76. The van der Waals surface area contributed by atoms with Crippen LogP contribution in [0.2, 0.25) is 0 Å². The van der Waals surface area contributed by atoms with Gasteiger partial charge in [-0.25, -0.2) is 4.98 Å². The van der Waals surface area contributed by atoms with Crippen LogP contribution >= 0.6 is 11.8 Å². The maximum absolute atomic E-state index is 13.3. The van der Waals surface area contributed by atoms with Gasteiger partial charge in [-0.3, -0.25) is 4.68 Å². The molecule has 6 nitrogen and oxygen atoms in total. The first-order valence-electron chi connectivity index (χ1n) is 10.1. The molecular weight excluding hydrogens is 451 g/mol. The van der Waals surface area contributed by atoms with E-state index in [1.165, 1.54) is 12.1 Å². The lowest BCUT2D eigenvalue weighted by molar-refractivity contribution is -0.180. The van der Waals surface area contributed by atoms with Gasteiger partial charge in [0, 0.05) is 17.5 Å². The highest BCUT2D eigenvalue weighted by Gasteiger charge is 2.48. The quantitative estimate of drug-likeness (QED) is 0.324. The van der Waals surface area contributed by atoms with Crippen LogP contribution in [0.1, 0.15) is 30.7 Å². The number of thioether (sulfide) groups is 1. The van der Waals surface area contributed by atoms with E-state index in [0.717, 1.165) is 30.1 Å². The molecule has 0 unspecified atom stereocenters. The van der Waals surface area contributed by atoms with Gasteiger partial charge in [0.1, 0.15) is 0 Å². The summed E-state index contributed by atoms with van der Waals surface area (Å²) in [5.74, 6) is 0.521. The summed E-state index contributed by atoms with van der Waals surface area (Å²) < 4.78 is 47.1. The Hall–Kier alpha value is -3.14. The summed E-state index contributed by atoms with van der Waals surface area (Å²) in [6, 6.07) is 11.8. The third kappa shape index (κ3) is 4.66. The molecule has 3 heterocycles. The van der Waals surface area contributed by atoms with Crippen molar-refractivity contribution in [2.24, 2.45) is 0 Å². The van der Waals surface area contributed by atoms with Gasteiger partial charge in [0.15, 0.2) is 5.69 Å². The topological polar surface area (TPSA) is 69.6 Å². The van der Waals surface area contributed by atoms with Gasteiger partial charge in [-0.1, -0.05) is 35.5 Å². The first kappa shape index (κ1) is 23.0. The monoisotopic (exact) mass is 473 g/mol. The molecule has 0 amide bonds. The minimum atomic E-state index is -4.35. The zero-order valence-electron chi connectivity index (χ0n) is 18.5. The second-order valence-electron chi connectivity index (χ2n) is 8.16. The van der Waals surface area contributed by atoms with Gasteiger partial charge >= 0.3 is 6.18 Å². The molecular formula is C23H22F3N5OS. The molecule has 4 aromatic rings. The predicted molar refractivity (Wildman–Crippen MR) is 120 cm³/mol. The third-order valence-electron chi connectivity index (χ3n) is 5.54. The fourth-order valence-corrected chi connectivity index (χ4v) is 3.58. The summed E-state index contributed by atoms with van der Waals surface area (Å²) in [6.45, 7) is 4.78. The van der Waals surface area contributed by atoms with Gasteiger partial charge in [0.25, 0.3) is 5.89 Å². The van der Waals surface area contributed by atoms with E-state index < -0.39 is 11.6 Å². The van der Waals surface area contributed by atoms with Crippen LogP contribution < -0.4 is 0 Å². The zero-order valence-corrected chi connectivity index (χ0v) is 19.3. The third-order valence-corrected chi connectivity index (χ3v) is 6.20. The lowest BCUT2D eigenvalue weighted by atomic mass is 9.83. The zero-order chi connectivity index (χ0) is 23.8. The Kier molecular flexibility index (Phi) is 6.04. The average molecular weight is 474 g/mol. The molecule has 0 aliphatic rings. The summed E-state index contributed by atoms with van der Waals surface area (Å²) in [7, 11) is 0. The molecule has 1 aromatic carbocycles. The molecule has 0 spiro atoms. The Morgan fingerprint density at radius 1 is 1.06 bits per heavy atom. The number of benzene rings is 1. The lowest BCUT2D eigenvalue weighted by Crippen LogP contribution is -2.36. The van der Waals surface area contributed by atoms with Crippen molar-refractivity contribution >= 4 is 11.8 Å². The van der Waals surface area contributed by atoms with E-state index in [2.05, 4.69) is 20.2 Å². The van der Waals surface area contributed by atoms with Gasteiger partial charge in [0.2, 0.25) is 5.82 Å². The van der Waals surface area contributed by atoms with E-state index in [0.29, 0.717) is 17.8 Å². The fourth-order valence-electron chi connectivity index (χ4n) is 3.22. The molecule has 0 bridgehead atoms. The summed E-state index contributed by atoms with van der Waals surface area (Å²) in [5, 5.41) is 9.49. The van der Waals surface area contributed by atoms with Crippen molar-refractivity contribution in [3.63, 3.8) is 0 Å². The Balaban J connectivity index is 1.53. The molecule has 3 aromatic heterocycles. The van der Waals surface area contributed by atoms with Gasteiger partial charge in [-0.05, 0) is 50.3 Å². The highest BCUT2D eigenvalue weighted by Crippen LogP contribution is 2.40. The predicted octanol–water partition coefficient (Wildman–Crippen LogP) is 5.91. The number of alkyl halides is 3. The molecule has 0 aliphatic heterocycles. The first-order valence-corrected chi connectivity index (χ1v) is 11.4. The molecule has 0 fully saturated rings. The number of aromatic nitrogens is 5. The van der Waals surface area contributed by atoms with Crippen LogP contribution in [0, 0.1) is 6.92 Å². The van der Waals surface area contributed by atoms with Crippen LogP contribution in [0.15, 0.2) is 58.2 Å². The number of nitrogens with zero attached hydrogens (tertiary/aromatic N) is 5. The van der Waals surface area contributed by atoms with Crippen molar-refractivity contribution in [2.45, 2.75) is 43.9 Å². The van der Waals surface area contributed by atoms with Gasteiger partial charge in [-0.15, -0.1) is 11.8 Å². The van der Waals surface area contributed by atoms with Crippen LogP contribution in [-0.2, 0) is 12.0 Å². The largest absolute Gasteiger partial charge is 0.397 e. The van der Waals surface area contributed by atoms with Crippen molar-refractivity contribution in [1.82, 2.24) is 24.9 Å². The van der Waals surface area contributed by atoms with Crippen LogP contribution in [0.4, 0.5) is 13.2 Å². The SMILES string of the molecule is CSc1ccc(Cn2nc(-c3nc(-c4ccc(C(C)(C)C(F)(F)F)cc4)no3)cc2C)cn1. The van der Waals surface area contributed by atoms with Crippen molar-refractivity contribution < 1.29 is 17.7 Å². The van der Waals surface area contributed by atoms with Gasteiger partial charge in [-0.2, -0.15) is 23.3 Å². The van der Waals surface area contributed by atoms with Crippen LogP contribution in [0.25, 0.3) is 23.0 Å². The Labute approximate surface area is 193 Å². The number of hydrogen-bond donors (Lipinski definition) is 0. The van der Waals surface area contributed by atoms with Gasteiger partial charge in [0.05, 0.1) is 17.0 Å². The van der Waals surface area contributed by atoms with Crippen molar-refractivity contribution in [3.05, 3.63) is 65.5 Å². The number of hydrogen-bond acceptors (Lipinski definition) is 6. The van der Waals surface area contributed by atoms with E-state index in [9.17, 15) is 13.2 Å². The van der Waals surface area contributed by atoms with Gasteiger partial charge < -0.3 is 4.52 Å². The van der Waals surface area contributed by atoms with Crippen LogP contribution in [-0.4, -0.2) is 37.3 Å². The minimum Gasteiger partial charge on any atom is -0.332 e. The molecule has 0 radical (unpaired) electrons. The lowest BCUT2D eigenvalue weighted by Gasteiger charge is -2.28. The number of aryl methyl sites for hydroxylation is 1. The summed E-state index contributed by atoms with van der Waals surface area (Å²) in [6.07, 6.45) is -0.555. The maximum Gasteiger partial charge on any atom is 0.397 e. The van der Waals surface area contributed by atoms with E-state index >= 15 is 0 Å². The molecule has 0 N–H and O–H groups in total. The highest BCUT2D eigenvalue weighted by atomic mass is 32.2. The van der Waals surface area contributed by atoms with Crippen molar-refractivity contribution in [1.29, 1.82) is 0 Å². The molecule has 0 atom stereocenters. The fraction of sp³-hybridized carbons (Fsp3) is 0.304. The molecule has 172 valence electrons. The van der Waals surface area contributed by atoms with Crippen molar-refractivity contribution in [3.8, 4) is 23.0 Å². The Morgan fingerprint density at radius 2 is 1.79 bits per heavy atom. The second kappa shape index (κ2) is 8.66. The van der Waals surface area contributed by atoms with E-state index in [1.807, 2.05) is 42.3 Å². The molecule has 10 heteroatoms. The van der Waals surface area contributed by atoms with Crippen LogP contribution in [0.3, 0.4) is 0 Å². The molecule has 4 rings (SSSR count). The molecule has 33 heavy (non-hydrogen) atoms. The Morgan fingerprint density at radius 3 is 2.39 bits per heavy atom. The van der Waals surface area contributed by atoms with E-state index in [-0.39, 0.29) is 17.3 Å². The average Bonchev–Trinajstić information content (AvgIpc) is 3.41. The Bertz CT molecular complexity index is 1240. The molecule has 0 aliphatic carbocycles. The summed E-state index contributed by atoms with van der Waals surface area (Å²) >= 11 is 1.58. The molecule has 0 saturated heterocycles. The number of rotatable bonds is 6. The molecule has 0 saturated carbocycles. The standard InChI is InChI=1S/C23H22F3N5OS/c1-14-11-18(29-31(14)13-15-5-10-19(33-4)27-12-15)21-28-20(30-32-21)16-6-8-17(9-7-16)22(2,3)23(24,25)26/h5-12H,13H2,1-4H3.